The van der Waals surface area contributed by atoms with Crippen molar-refractivity contribution in [3.05, 3.63) is 50.7 Å². The molecule has 0 saturated heterocycles. The van der Waals surface area contributed by atoms with E-state index < -0.39 is 5.69 Å². The Bertz CT molecular complexity index is 1180. The Hall–Kier alpha value is -2.92. The van der Waals surface area contributed by atoms with Crippen molar-refractivity contribution < 1.29 is 5.11 Å². The summed E-state index contributed by atoms with van der Waals surface area (Å²) in [6.07, 6.45) is 0. The van der Waals surface area contributed by atoms with Crippen LogP contribution in [0, 0.1) is 11.8 Å². The number of hydrogen-bond donors (Lipinski definition) is 1. The van der Waals surface area contributed by atoms with E-state index in [1.165, 1.54) is 11.6 Å². The van der Waals surface area contributed by atoms with E-state index in [1.807, 2.05) is 4.57 Å². The predicted octanol–water partition coefficient (Wildman–Crippen LogP) is 0.760. The minimum Gasteiger partial charge on any atom is -0.508 e. The van der Waals surface area contributed by atoms with Crippen molar-refractivity contribution >= 4 is 22.9 Å². The topological polar surface area (TPSA) is 82.1 Å². The molecule has 0 aliphatic carbocycles. The van der Waals surface area contributed by atoms with Gasteiger partial charge in [0.15, 0.2) is 16.3 Å². The van der Waals surface area contributed by atoms with Gasteiger partial charge in [0.2, 0.25) is 0 Å². The first-order valence-corrected chi connectivity index (χ1v) is 8.65. The number of aromatic nitrogens is 4. The summed E-state index contributed by atoms with van der Waals surface area (Å²) < 4.78 is 4.37. The predicted molar refractivity (Wildman–Crippen MR) is 94.9 cm³/mol. The summed E-state index contributed by atoms with van der Waals surface area (Å²) in [7, 11) is 1.46. The molecule has 25 heavy (non-hydrogen) atoms. The lowest BCUT2D eigenvalue weighted by Crippen LogP contribution is -2.38. The second kappa shape index (κ2) is 5.86. The van der Waals surface area contributed by atoms with E-state index in [-0.39, 0.29) is 17.9 Å². The first kappa shape index (κ1) is 15.6. The number of fused-ring (bicyclic) bond motifs is 3. The molecule has 2 aromatic heterocycles. The number of nitrogens with zero attached hydrogens (tertiary/aromatic N) is 4. The zero-order valence-corrected chi connectivity index (χ0v) is 14.2. The SMILES string of the molecule is Cn1c(=O)c2c(nc3n2CCS3)n(CC#Cc2cccc(O)c2)c1=O. The third-order valence-electron chi connectivity index (χ3n) is 4.06. The molecule has 1 aromatic carbocycles. The highest BCUT2D eigenvalue weighted by Crippen LogP contribution is 2.27. The normalized spacial score (nSPS) is 12.8. The fourth-order valence-electron chi connectivity index (χ4n) is 2.83. The number of benzene rings is 1. The fourth-order valence-corrected chi connectivity index (χ4v) is 3.78. The maximum absolute atomic E-state index is 12.5. The summed E-state index contributed by atoms with van der Waals surface area (Å²) in [5.41, 5.74) is 0.696. The summed E-state index contributed by atoms with van der Waals surface area (Å²) in [5.74, 6) is 6.84. The monoisotopic (exact) mass is 354 g/mol. The summed E-state index contributed by atoms with van der Waals surface area (Å²) in [4.78, 5) is 29.4. The number of thioether (sulfide) groups is 1. The van der Waals surface area contributed by atoms with Gasteiger partial charge in [-0.1, -0.05) is 29.7 Å². The van der Waals surface area contributed by atoms with Crippen LogP contribution in [0.1, 0.15) is 5.56 Å². The Morgan fingerprint density at radius 2 is 2.20 bits per heavy atom. The van der Waals surface area contributed by atoms with E-state index in [9.17, 15) is 14.7 Å². The maximum Gasteiger partial charge on any atom is 0.333 e. The van der Waals surface area contributed by atoms with Crippen LogP contribution in [0.5, 0.6) is 5.75 Å². The highest BCUT2D eigenvalue weighted by atomic mass is 32.2. The standard InChI is InChI=1S/C17H14N4O3S/c1-19-15(23)13-14(18-16-20(13)8-9-25-16)21(17(19)24)7-3-5-11-4-2-6-12(22)10-11/h2,4,6,10,22H,7-9H2,1H3. The quantitative estimate of drug-likeness (QED) is 0.653. The second-order valence-electron chi connectivity index (χ2n) is 5.65. The Morgan fingerprint density at radius 3 is 3.00 bits per heavy atom. The molecule has 126 valence electrons. The van der Waals surface area contributed by atoms with Crippen molar-refractivity contribution in [3.63, 3.8) is 0 Å². The molecular weight excluding hydrogens is 340 g/mol. The molecule has 7 nitrogen and oxygen atoms in total. The van der Waals surface area contributed by atoms with Crippen molar-refractivity contribution in [1.82, 2.24) is 18.7 Å². The smallest absolute Gasteiger partial charge is 0.333 e. The molecular formula is C17H14N4O3S. The minimum atomic E-state index is -0.440. The number of imidazole rings is 1. The zero-order chi connectivity index (χ0) is 17.6. The highest BCUT2D eigenvalue weighted by Gasteiger charge is 2.23. The van der Waals surface area contributed by atoms with Gasteiger partial charge in [0, 0.05) is 24.9 Å². The molecule has 1 aliphatic rings. The molecule has 0 amide bonds. The Balaban J connectivity index is 1.83. The number of rotatable bonds is 1. The van der Waals surface area contributed by atoms with Gasteiger partial charge in [-0.25, -0.2) is 9.78 Å². The maximum atomic E-state index is 12.5. The molecule has 8 heteroatoms. The average molecular weight is 354 g/mol. The molecule has 0 saturated carbocycles. The van der Waals surface area contributed by atoms with E-state index >= 15 is 0 Å². The van der Waals surface area contributed by atoms with Crippen molar-refractivity contribution in [2.75, 3.05) is 5.75 Å². The Kier molecular flexibility index (Phi) is 3.66. The highest BCUT2D eigenvalue weighted by molar-refractivity contribution is 7.99. The largest absolute Gasteiger partial charge is 0.508 e. The van der Waals surface area contributed by atoms with Crippen LogP contribution >= 0.6 is 11.8 Å². The molecule has 0 spiro atoms. The molecule has 0 bridgehead atoms. The van der Waals surface area contributed by atoms with Gasteiger partial charge in [0.25, 0.3) is 5.56 Å². The lowest BCUT2D eigenvalue weighted by Gasteiger charge is -2.06. The Morgan fingerprint density at radius 1 is 1.36 bits per heavy atom. The van der Waals surface area contributed by atoms with Crippen LogP contribution in [0.25, 0.3) is 11.2 Å². The minimum absolute atomic E-state index is 0.111. The molecule has 1 N–H and O–H groups in total. The van der Waals surface area contributed by atoms with Gasteiger partial charge >= 0.3 is 5.69 Å². The zero-order valence-electron chi connectivity index (χ0n) is 13.4. The van der Waals surface area contributed by atoms with Crippen molar-refractivity contribution in [2.24, 2.45) is 7.05 Å². The van der Waals surface area contributed by atoms with Gasteiger partial charge in [0.05, 0.1) is 6.54 Å². The van der Waals surface area contributed by atoms with E-state index in [1.54, 1.807) is 36.0 Å². The lowest BCUT2D eigenvalue weighted by molar-refractivity contribution is 0.475. The van der Waals surface area contributed by atoms with Crippen molar-refractivity contribution in [2.45, 2.75) is 18.2 Å². The third kappa shape index (κ3) is 2.53. The lowest BCUT2D eigenvalue weighted by atomic mass is 10.2. The summed E-state index contributed by atoms with van der Waals surface area (Å²) in [6.45, 7) is 0.819. The van der Waals surface area contributed by atoms with E-state index in [0.717, 1.165) is 15.5 Å². The molecule has 0 radical (unpaired) electrons. The number of phenolic OH excluding ortho intramolecular Hbond substituents is 1. The Labute approximate surface area is 146 Å². The first-order valence-electron chi connectivity index (χ1n) is 7.67. The average Bonchev–Trinajstić information content (AvgIpc) is 3.17. The second-order valence-corrected chi connectivity index (χ2v) is 6.71. The third-order valence-corrected chi connectivity index (χ3v) is 5.01. The molecule has 0 unspecified atom stereocenters. The summed E-state index contributed by atoms with van der Waals surface area (Å²) in [5, 5.41) is 10.2. The van der Waals surface area contributed by atoms with E-state index in [4.69, 9.17) is 0 Å². The summed E-state index contributed by atoms with van der Waals surface area (Å²) >= 11 is 1.57. The van der Waals surface area contributed by atoms with Crippen molar-refractivity contribution in [3.8, 4) is 17.6 Å². The van der Waals surface area contributed by atoms with E-state index in [0.29, 0.717) is 23.3 Å². The first-order chi connectivity index (χ1) is 12.1. The van der Waals surface area contributed by atoms with Crippen LogP contribution in [-0.2, 0) is 20.1 Å². The van der Waals surface area contributed by atoms with Gasteiger partial charge in [-0.15, -0.1) is 0 Å². The van der Waals surface area contributed by atoms with Crippen LogP contribution in [0.15, 0.2) is 39.0 Å². The molecule has 3 aromatic rings. The van der Waals surface area contributed by atoms with Crippen molar-refractivity contribution in [1.29, 1.82) is 0 Å². The number of aryl methyl sites for hydroxylation is 1. The van der Waals surface area contributed by atoms with Gasteiger partial charge in [-0.2, -0.15) is 0 Å². The number of hydrogen-bond acceptors (Lipinski definition) is 5. The van der Waals surface area contributed by atoms with Crippen LogP contribution in [0.4, 0.5) is 0 Å². The number of aromatic hydroxyl groups is 1. The van der Waals surface area contributed by atoms with E-state index in [2.05, 4.69) is 16.8 Å². The van der Waals surface area contributed by atoms with Gasteiger partial charge in [-0.3, -0.25) is 13.9 Å². The molecule has 0 atom stereocenters. The van der Waals surface area contributed by atoms with Gasteiger partial charge < -0.3 is 9.67 Å². The van der Waals surface area contributed by atoms with Crippen LogP contribution in [-0.4, -0.2) is 29.5 Å². The summed E-state index contributed by atoms with van der Waals surface area (Å²) in [6, 6.07) is 6.59. The fraction of sp³-hybridized carbons (Fsp3) is 0.235. The number of phenols is 1. The molecule has 4 rings (SSSR count). The van der Waals surface area contributed by atoms with Crippen LogP contribution < -0.4 is 11.2 Å². The van der Waals surface area contributed by atoms with Gasteiger partial charge in [0.1, 0.15) is 5.75 Å². The van der Waals surface area contributed by atoms with Gasteiger partial charge in [-0.05, 0) is 18.2 Å². The van der Waals surface area contributed by atoms with Crippen LogP contribution in [0.2, 0.25) is 0 Å². The molecule has 0 fully saturated rings. The molecule has 3 heterocycles. The molecule has 1 aliphatic heterocycles. The van der Waals surface area contributed by atoms with Crippen LogP contribution in [0.3, 0.4) is 0 Å².